The molecule has 0 aromatic heterocycles. The number of halogens is 1. The first-order valence-corrected chi connectivity index (χ1v) is 7.12. The lowest BCUT2D eigenvalue weighted by atomic mass is 10.0. The lowest BCUT2D eigenvalue weighted by Gasteiger charge is -2.12. The fraction of sp³-hybridized carbons (Fsp3) is 0. The zero-order valence-electron chi connectivity index (χ0n) is 10.7. The number of hydrogen-bond acceptors (Lipinski definition) is 2. The minimum absolute atomic E-state index is 0.906. The van der Waals surface area contributed by atoms with Crippen LogP contribution < -0.4 is 5.32 Å². The van der Waals surface area contributed by atoms with Crippen molar-refractivity contribution in [1.29, 1.82) is 5.41 Å². The molecule has 3 rings (SSSR count). The van der Waals surface area contributed by atoms with Gasteiger partial charge in [-0.3, -0.25) is 0 Å². The predicted molar refractivity (Wildman–Crippen MR) is 89.3 cm³/mol. The predicted octanol–water partition coefficient (Wildman–Crippen LogP) is 5.34. The maximum absolute atomic E-state index is 7.70. The molecule has 0 aliphatic heterocycles. The van der Waals surface area contributed by atoms with E-state index in [0.717, 1.165) is 32.2 Å². The van der Waals surface area contributed by atoms with Crippen LogP contribution in [-0.2, 0) is 0 Å². The van der Waals surface area contributed by atoms with Crippen molar-refractivity contribution >= 4 is 44.3 Å². The molecule has 0 heterocycles. The summed E-state index contributed by atoms with van der Waals surface area (Å²) in [7, 11) is 0. The van der Waals surface area contributed by atoms with Crippen LogP contribution in [0.2, 0.25) is 0 Å². The van der Waals surface area contributed by atoms with E-state index in [1.54, 1.807) is 0 Å². The summed E-state index contributed by atoms with van der Waals surface area (Å²) < 4.78 is 1.03. The van der Waals surface area contributed by atoms with Gasteiger partial charge in [0, 0.05) is 27.6 Å². The molecule has 20 heavy (non-hydrogen) atoms. The van der Waals surface area contributed by atoms with E-state index in [4.69, 9.17) is 5.41 Å². The van der Waals surface area contributed by atoms with E-state index in [-0.39, 0.29) is 0 Å². The van der Waals surface area contributed by atoms with Crippen molar-refractivity contribution < 1.29 is 0 Å². The highest BCUT2D eigenvalue weighted by atomic mass is 79.9. The Balaban J connectivity index is 2.09. The van der Waals surface area contributed by atoms with Gasteiger partial charge in [-0.05, 0) is 35.0 Å². The molecule has 0 unspecified atom stereocenters. The molecule has 3 aromatic carbocycles. The van der Waals surface area contributed by atoms with Gasteiger partial charge in [0.25, 0.3) is 0 Å². The van der Waals surface area contributed by atoms with Gasteiger partial charge in [0.15, 0.2) is 0 Å². The summed E-state index contributed by atoms with van der Waals surface area (Å²) in [6.07, 6.45) is 1.41. The highest BCUT2D eigenvalue weighted by Crippen LogP contribution is 2.28. The van der Waals surface area contributed by atoms with Gasteiger partial charge in [-0.1, -0.05) is 52.3 Å². The maximum Gasteiger partial charge on any atom is 0.0479 e. The van der Waals surface area contributed by atoms with Crippen molar-refractivity contribution in [3.8, 4) is 0 Å². The molecule has 0 fully saturated rings. The average Bonchev–Trinajstić information content (AvgIpc) is 2.47. The van der Waals surface area contributed by atoms with E-state index in [2.05, 4.69) is 33.4 Å². The molecule has 0 radical (unpaired) electrons. The summed E-state index contributed by atoms with van der Waals surface area (Å²) in [5.41, 5.74) is 2.85. The standard InChI is InChI=1S/C17H13BrN2/c18-13-5-3-6-14(10-13)20-17-9-8-12-4-1-2-7-15(12)16(17)11-19/h1-11,19-20H. The number of rotatable bonds is 3. The van der Waals surface area contributed by atoms with Gasteiger partial charge < -0.3 is 10.7 Å². The summed E-state index contributed by atoms with van der Waals surface area (Å²) in [6, 6.07) is 20.2. The largest absolute Gasteiger partial charge is 0.355 e. The van der Waals surface area contributed by atoms with Crippen LogP contribution >= 0.6 is 15.9 Å². The van der Waals surface area contributed by atoms with E-state index in [0.29, 0.717) is 0 Å². The highest BCUT2D eigenvalue weighted by molar-refractivity contribution is 9.10. The zero-order valence-corrected chi connectivity index (χ0v) is 12.3. The van der Waals surface area contributed by atoms with E-state index < -0.39 is 0 Å². The molecule has 2 nitrogen and oxygen atoms in total. The number of nitrogens with one attached hydrogen (secondary N) is 2. The molecular weight excluding hydrogens is 312 g/mol. The Labute approximate surface area is 126 Å². The van der Waals surface area contributed by atoms with Crippen LogP contribution in [0.3, 0.4) is 0 Å². The van der Waals surface area contributed by atoms with Crippen LogP contribution in [0, 0.1) is 5.41 Å². The van der Waals surface area contributed by atoms with Crippen LogP contribution in [-0.4, -0.2) is 6.21 Å². The van der Waals surface area contributed by atoms with Crippen LogP contribution in [0.25, 0.3) is 10.8 Å². The van der Waals surface area contributed by atoms with Crippen LogP contribution in [0.15, 0.2) is 65.1 Å². The Bertz CT molecular complexity index is 781. The van der Waals surface area contributed by atoms with Gasteiger partial charge in [-0.25, -0.2) is 0 Å². The lowest BCUT2D eigenvalue weighted by Crippen LogP contribution is -1.96. The van der Waals surface area contributed by atoms with E-state index >= 15 is 0 Å². The minimum Gasteiger partial charge on any atom is -0.355 e. The second kappa shape index (κ2) is 5.47. The van der Waals surface area contributed by atoms with Crippen molar-refractivity contribution in [2.45, 2.75) is 0 Å². The Morgan fingerprint density at radius 2 is 1.80 bits per heavy atom. The third-order valence-electron chi connectivity index (χ3n) is 3.22. The van der Waals surface area contributed by atoms with Gasteiger partial charge >= 0.3 is 0 Å². The Kier molecular flexibility index (Phi) is 3.52. The molecule has 0 amide bonds. The second-order valence-corrected chi connectivity index (χ2v) is 5.44. The van der Waals surface area contributed by atoms with Crippen LogP contribution in [0.5, 0.6) is 0 Å². The summed E-state index contributed by atoms with van der Waals surface area (Å²) in [5, 5.41) is 13.3. The molecule has 3 heteroatoms. The van der Waals surface area contributed by atoms with Crippen LogP contribution in [0.1, 0.15) is 5.56 Å². The lowest BCUT2D eigenvalue weighted by molar-refractivity contribution is 1.51. The second-order valence-electron chi connectivity index (χ2n) is 4.53. The Hall–Kier alpha value is -2.13. The fourth-order valence-corrected chi connectivity index (χ4v) is 2.68. The Morgan fingerprint density at radius 1 is 0.950 bits per heavy atom. The molecule has 0 saturated heterocycles. The quantitative estimate of drug-likeness (QED) is 0.626. The van der Waals surface area contributed by atoms with Crippen LogP contribution in [0.4, 0.5) is 11.4 Å². The molecule has 0 aliphatic rings. The average molecular weight is 325 g/mol. The normalized spacial score (nSPS) is 10.4. The Morgan fingerprint density at radius 3 is 2.60 bits per heavy atom. The number of fused-ring (bicyclic) bond motifs is 1. The number of benzene rings is 3. The smallest absolute Gasteiger partial charge is 0.0479 e. The minimum atomic E-state index is 0.906. The highest BCUT2D eigenvalue weighted by Gasteiger charge is 2.05. The third kappa shape index (κ3) is 2.45. The summed E-state index contributed by atoms with van der Waals surface area (Å²) >= 11 is 3.47. The molecule has 0 bridgehead atoms. The number of anilines is 2. The van der Waals surface area contributed by atoms with Crippen molar-refractivity contribution in [3.63, 3.8) is 0 Å². The fourth-order valence-electron chi connectivity index (χ4n) is 2.28. The molecule has 0 spiro atoms. The van der Waals surface area contributed by atoms with Crippen molar-refractivity contribution in [2.24, 2.45) is 0 Å². The van der Waals surface area contributed by atoms with Crippen molar-refractivity contribution in [3.05, 3.63) is 70.7 Å². The number of hydrogen-bond donors (Lipinski definition) is 2. The van der Waals surface area contributed by atoms with Gasteiger partial charge in [0.2, 0.25) is 0 Å². The van der Waals surface area contributed by atoms with E-state index in [1.165, 1.54) is 6.21 Å². The molecule has 0 aliphatic carbocycles. The third-order valence-corrected chi connectivity index (χ3v) is 3.71. The maximum atomic E-state index is 7.70. The topological polar surface area (TPSA) is 35.9 Å². The van der Waals surface area contributed by atoms with E-state index in [1.807, 2.05) is 48.5 Å². The van der Waals surface area contributed by atoms with Gasteiger partial charge in [0.1, 0.15) is 0 Å². The first kappa shape index (κ1) is 12.9. The molecule has 98 valence electrons. The molecule has 2 N–H and O–H groups in total. The SMILES string of the molecule is N=Cc1c(Nc2cccc(Br)c2)ccc2ccccc12. The monoisotopic (exact) mass is 324 g/mol. The zero-order chi connectivity index (χ0) is 13.9. The molecule has 3 aromatic rings. The summed E-state index contributed by atoms with van der Waals surface area (Å²) in [5.74, 6) is 0. The van der Waals surface area contributed by atoms with Gasteiger partial charge in [0.05, 0.1) is 0 Å². The molecule has 0 atom stereocenters. The molecular formula is C17H13BrN2. The first-order valence-electron chi connectivity index (χ1n) is 6.33. The van der Waals surface area contributed by atoms with Crippen molar-refractivity contribution in [1.82, 2.24) is 0 Å². The van der Waals surface area contributed by atoms with Gasteiger partial charge in [-0.2, -0.15) is 0 Å². The summed E-state index contributed by atoms with van der Waals surface area (Å²) in [4.78, 5) is 0. The summed E-state index contributed by atoms with van der Waals surface area (Å²) in [6.45, 7) is 0. The molecule has 0 saturated carbocycles. The van der Waals surface area contributed by atoms with Crippen molar-refractivity contribution in [2.75, 3.05) is 5.32 Å². The van der Waals surface area contributed by atoms with E-state index in [9.17, 15) is 0 Å². The van der Waals surface area contributed by atoms with Gasteiger partial charge in [-0.15, -0.1) is 0 Å². The first-order chi connectivity index (χ1) is 9.78.